The van der Waals surface area contributed by atoms with Crippen LogP contribution in [0.4, 0.5) is 18.9 Å². The first-order chi connectivity index (χ1) is 9.74. The number of benzene rings is 1. The van der Waals surface area contributed by atoms with E-state index < -0.39 is 23.2 Å². The maximum absolute atomic E-state index is 13.1. The van der Waals surface area contributed by atoms with Gasteiger partial charge in [-0.05, 0) is 31.0 Å². The highest BCUT2D eigenvalue weighted by molar-refractivity contribution is 9.10. The van der Waals surface area contributed by atoms with E-state index in [2.05, 4.69) is 21.2 Å². The minimum atomic E-state index is -4.53. The van der Waals surface area contributed by atoms with Crippen molar-refractivity contribution in [2.24, 2.45) is 0 Å². The average Bonchev–Trinajstić information content (AvgIpc) is 2.38. The molecule has 1 aliphatic carbocycles. The van der Waals surface area contributed by atoms with Crippen LogP contribution in [0.1, 0.15) is 37.7 Å². The number of nitrogens with one attached hydrogen (secondary N) is 1. The van der Waals surface area contributed by atoms with Crippen LogP contribution in [0.25, 0.3) is 0 Å². The van der Waals surface area contributed by atoms with Gasteiger partial charge in [0.05, 0.1) is 5.56 Å². The molecule has 0 spiro atoms. The molecule has 1 aromatic rings. The number of alkyl halides is 3. The zero-order valence-corrected chi connectivity index (χ0v) is 12.7. The number of aliphatic carboxylic acids is 1. The SMILES string of the molecule is O=C(O)C1(Nc2cc(Br)ccc2C(F)(F)F)CCCCC1. The Morgan fingerprint density at radius 2 is 1.86 bits per heavy atom. The van der Waals surface area contributed by atoms with Crippen LogP contribution in [0, 0.1) is 0 Å². The predicted molar refractivity (Wildman–Crippen MR) is 76.2 cm³/mol. The fourth-order valence-corrected chi connectivity index (χ4v) is 3.03. The summed E-state index contributed by atoms with van der Waals surface area (Å²) in [4.78, 5) is 11.6. The molecule has 1 aliphatic rings. The number of hydrogen-bond donors (Lipinski definition) is 2. The molecule has 0 atom stereocenters. The zero-order valence-electron chi connectivity index (χ0n) is 11.1. The van der Waals surface area contributed by atoms with Gasteiger partial charge in [-0.1, -0.05) is 35.2 Å². The van der Waals surface area contributed by atoms with Crippen molar-refractivity contribution in [3.8, 4) is 0 Å². The standard InChI is InChI=1S/C14H15BrF3NO2/c15-9-4-5-10(14(16,17)18)11(8-9)19-13(12(20)21)6-2-1-3-7-13/h4-5,8,19H,1-3,6-7H2,(H,20,21). The second-order valence-corrected chi connectivity index (χ2v) is 6.18. The molecule has 2 N–H and O–H groups in total. The van der Waals surface area contributed by atoms with Crippen molar-refractivity contribution in [1.29, 1.82) is 0 Å². The summed E-state index contributed by atoms with van der Waals surface area (Å²) >= 11 is 3.13. The lowest BCUT2D eigenvalue weighted by Crippen LogP contribution is -2.48. The Balaban J connectivity index is 2.41. The molecule has 0 bridgehead atoms. The summed E-state index contributed by atoms with van der Waals surface area (Å²) in [6.45, 7) is 0. The summed E-state index contributed by atoms with van der Waals surface area (Å²) in [5.74, 6) is -1.10. The van der Waals surface area contributed by atoms with Crippen molar-refractivity contribution in [3.05, 3.63) is 28.2 Å². The summed E-state index contributed by atoms with van der Waals surface area (Å²) in [5.41, 5.74) is -2.36. The number of carboxylic acid groups (broad SMARTS) is 1. The number of rotatable bonds is 3. The first kappa shape index (κ1) is 16.1. The summed E-state index contributed by atoms with van der Waals surface area (Å²) in [6, 6.07) is 3.52. The number of carboxylic acids is 1. The second-order valence-electron chi connectivity index (χ2n) is 5.26. The number of hydrogen-bond acceptors (Lipinski definition) is 2. The van der Waals surface area contributed by atoms with Crippen LogP contribution in [0.5, 0.6) is 0 Å². The van der Waals surface area contributed by atoms with E-state index in [4.69, 9.17) is 0 Å². The average molecular weight is 366 g/mol. The zero-order chi connectivity index (χ0) is 15.7. The lowest BCUT2D eigenvalue weighted by atomic mass is 9.81. The molecule has 21 heavy (non-hydrogen) atoms. The number of halogens is 4. The molecule has 116 valence electrons. The van der Waals surface area contributed by atoms with Crippen molar-refractivity contribution >= 4 is 27.6 Å². The Hall–Kier alpha value is -1.24. The van der Waals surface area contributed by atoms with E-state index in [1.165, 1.54) is 12.1 Å². The molecule has 0 heterocycles. The van der Waals surface area contributed by atoms with Crippen LogP contribution in [0.15, 0.2) is 22.7 Å². The molecule has 0 aromatic heterocycles. The van der Waals surface area contributed by atoms with Gasteiger partial charge < -0.3 is 10.4 Å². The largest absolute Gasteiger partial charge is 0.480 e. The smallest absolute Gasteiger partial charge is 0.418 e. The first-order valence-corrected chi connectivity index (χ1v) is 7.42. The first-order valence-electron chi connectivity index (χ1n) is 6.63. The normalized spacial score (nSPS) is 18.3. The van der Waals surface area contributed by atoms with E-state index in [1.54, 1.807) is 0 Å². The molecule has 7 heteroatoms. The van der Waals surface area contributed by atoms with Crippen LogP contribution in [-0.2, 0) is 11.0 Å². The summed E-state index contributed by atoms with van der Waals surface area (Å²) in [5, 5.41) is 12.1. The van der Waals surface area contributed by atoms with Crippen LogP contribution >= 0.6 is 15.9 Å². The molecule has 0 amide bonds. The van der Waals surface area contributed by atoms with Gasteiger partial charge in [-0.2, -0.15) is 13.2 Å². The Labute approximate surface area is 128 Å². The number of carbonyl (C=O) groups is 1. The predicted octanol–water partition coefficient (Wildman–Crippen LogP) is 4.67. The lowest BCUT2D eigenvalue weighted by Gasteiger charge is -2.35. The molecule has 0 radical (unpaired) electrons. The van der Waals surface area contributed by atoms with Gasteiger partial charge in [-0.15, -0.1) is 0 Å². The Bertz CT molecular complexity index is 540. The van der Waals surface area contributed by atoms with Crippen molar-refractivity contribution in [2.45, 2.75) is 43.8 Å². The van der Waals surface area contributed by atoms with Gasteiger partial charge in [0.1, 0.15) is 5.54 Å². The fraction of sp³-hybridized carbons (Fsp3) is 0.500. The molecule has 1 fully saturated rings. The van der Waals surface area contributed by atoms with Gasteiger partial charge >= 0.3 is 12.1 Å². The van der Waals surface area contributed by atoms with Crippen LogP contribution < -0.4 is 5.32 Å². The molecule has 1 saturated carbocycles. The maximum Gasteiger partial charge on any atom is 0.418 e. The van der Waals surface area contributed by atoms with E-state index in [1.807, 2.05) is 0 Å². The lowest BCUT2D eigenvalue weighted by molar-refractivity contribution is -0.144. The summed E-state index contributed by atoms with van der Waals surface area (Å²) in [6.07, 6.45) is -1.60. The minimum Gasteiger partial charge on any atom is -0.480 e. The van der Waals surface area contributed by atoms with Crippen molar-refractivity contribution < 1.29 is 23.1 Å². The molecule has 1 aromatic carbocycles. The molecular formula is C14H15BrF3NO2. The third-order valence-corrected chi connectivity index (χ3v) is 4.27. The van der Waals surface area contributed by atoms with E-state index in [-0.39, 0.29) is 5.69 Å². The van der Waals surface area contributed by atoms with Crippen LogP contribution in [-0.4, -0.2) is 16.6 Å². The quantitative estimate of drug-likeness (QED) is 0.818. The van der Waals surface area contributed by atoms with Gasteiger partial charge in [0, 0.05) is 10.2 Å². The third-order valence-electron chi connectivity index (χ3n) is 3.78. The highest BCUT2D eigenvalue weighted by Gasteiger charge is 2.42. The minimum absolute atomic E-state index is 0.193. The van der Waals surface area contributed by atoms with Gasteiger partial charge in [0.15, 0.2) is 0 Å². The fourth-order valence-electron chi connectivity index (χ4n) is 2.67. The van der Waals surface area contributed by atoms with E-state index in [9.17, 15) is 23.1 Å². The summed E-state index contributed by atoms with van der Waals surface area (Å²) < 4.78 is 39.6. The molecule has 0 saturated heterocycles. The Kier molecular flexibility index (Phi) is 4.51. The van der Waals surface area contributed by atoms with E-state index in [0.717, 1.165) is 12.5 Å². The van der Waals surface area contributed by atoms with Crippen LogP contribution in [0.2, 0.25) is 0 Å². The van der Waals surface area contributed by atoms with Crippen LogP contribution in [0.3, 0.4) is 0 Å². The highest BCUT2D eigenvalue weighted by atomic mass is 79.9. The van der Waals surface area contributed by atoms with E-state index in [0.29, 0.717) is 30.2 Å². The number of anilines is 1. The van der Waals surface area contributed by atoms with Gasteiger partial charge in [-0.25, -0.2) is 4.79 Å². The molecule has 3 nitrogen and oxygen atoms in total. The highest BCUT2D eigenvalue weighted by Crippen LogP contribution is 2.40. The van der Waals surface area contributed by atoms with Crippen molar-refractivity contribution in [2.75, 3.05) is 5.32 Å². The van der Waals surface area contributed by atoms with E-state index >= 15 is 0 Å². The Morgan fingerprint density at radius 1 is 1.24 bits per heavy atom. The van der Waals surface area contributed by atoms with Gasteiger partial charge in [0.2, 0.25) is 0 Å². The Morgan fingerprint density at radius 3 is 2.38 bits per heavy atom. The van der Waals surface area contributed by atoms with Gasteiger partial charge in [-0.3, -0.25) is 0 Å². The third kappa shape index (κ3) is 3.51. The monoisotopic (exact) mass is 365 g/mol. The molecular weight excluding hydrogens is 351 g/mol. The molecule has 0 unspecified atom stereocenters. The van der Waals surface area contributed by atoms with Crippen molar-refractivity contribution in [3.63, 3.8) is 0 Å². The second kappa shape index (κ2) is 5.87. The van der Waals surface area contributed by atoms with Gasteiger partial charge in [0.25, 0.3) is 0 Å². The topological polar surface area (TPSA) is 49.3 Å². The summed E-state index contributed by atoms with van der Waals surface area (Å²) in [7, 11) is 0. The molecule has 2 rings (SSSR count). The molecule has 0 aliphatic heterocycles. The maximum atomic E-state index is 13.1. The van der Waals surface area contributed by atoms with Crippen molar-refractivity contribution in [1.82, 2.24) is 0 Å².